The van der Waals surface area contributed by atoms with E-state index < -0.39 is 0 Å². The molecule has 0 aromatic carbocycles. The van der Waals surface area contributed by atoms with Crippen LogP contribution in [0.15, 0.2) is 46.6 Å². The molecule has 0 radical (unpaired) electrons. The number of nitrogens with one attached hydrogen (secondary N) is 1. The number of carbonyl (C=O) groups is 1. The van der Waals surface area contributed by atoms with Crippen LogP contribution in [-0.2, 0) is 4.79 Å². The van der Waals surface area contributed by atoms with E-state index in [1.165, 1.54) is 11.1 Å². The molecule has 0 spiro atoms. The molecule has 2 heteroatoms. The van der Waals surface area contributed by atoms with Crippen molar-refractivity contribution in [3.63, 3.8) is 0 Å². The Bertz CT molecular complexity index is 517. The average molecular weight is 227 g/mol. The Morgan fingerprint density at radius 1 is 1.29 bits per heavy atom. The fourth-order valence-corrected chi connectivity index (χ4v) is 2.31. The third kappa shape index (κ3) is 1.59. The lowest BCUT2D eigenvalue weighted by molar-refractivity contribution is -0.118. The SMILES string of the molecule is CC(C)[C@@H](C)NC(=O)C1=CC=C2C1=CC1=CC12. The molecule has 2 atom stereocenters. The highest BCUT2D eigenvalue weighted by Crippen LogP contribution is 2.51. The summed E-state index contributed by atoms with van der Waals surface area (Å²) in [5.74, 6) is 1.04. The van der Waals surface area contributed by atoms with Crippen LogP contribution in [0.2, 0.25) is 0 Å². The molecule has 1 amide bonds. The molecule has 0 aromatic rings. The van der Waals surface area contributed by atoms with E-state index in [1.807, 2.05) is 6.08 Å². The maximum atomic E-state index is 12.2. The summed E-state index contributed by atoms with van der Waals surface area (Å²) in [6, 6.07) is 0.211. The number of carbonyl (C=O) groups excluding carboxylic acids is 1. The van der Waals surface area contributed by atoms with E-state index >= 15 is 0 Å². The summed E-state index contributed by atoms with van der Waals surface area (Å²) in [5, 5.41) is 3.06. The van der Waals surface area contributed by atoms with Crippen molar-refractivity contribution in [1.82, 2.24) is 5.32 Å². The highest BCUT2D eigenvalue weighted by molar-refractivity contribution is 6.02. The molecule has 88 valence electrons. The van der Waals surface area contributed by atoms with Crippen molar-refractivity contribution in [3.05, 3.63) is 46.6 Å². The molecule has 3 aliphatic rings. The molecule has 2 nitrogen and oxygen atoms in total. The van der Waals surface area contributed by atoms with E-state index in [9.17, 15) is 4.79 Å². The maximum Gasteiger partial charge on any atom is 0.252 e. The first-order valence-electron chi connectivity index (χ1n) is 6.25. The van der Waals surface area contributed by atoms with Gasteiger partial charge in [-0.2, -0.15) is 0 Å². The number of hydrogen-bond acceptors (Lipinski definition) is 1. The van der Waals surface area contributed by atoms with Gasteiger partial charge in [-0.1, -0.05) is 26.0 Å². The van der Waals surface area contributed by atoms with Crippen molar-refractivity contribution >= 4 is 5.91 Å². The lowest BCUT2D eigenvalue weighted by Crippen LogP contribution is -2.37. The van der Waals surface area contributed by atoms with Crippen LogP contribution in [0.3, 0.4) is 0 Å². The van der Waals surface area contributed by atoms with Crippen molar-refractivity contribution in [1.29, 1.82) is 0 Å². The Kier molecular flexibility index (Phi) is 2.15. The minimum atomic E-state index is 0.0607. The topological polar surface area (TPSA) is 29.1 Å². The largest absolute Gasteiger partial charge is 0.349 e. The molecule has 1 N–H and O–H groups in total. The van der Waals surface area contributed by atoms with Crippen molar-refractivity contribution in [2.75, 3.05) is 0 Å². The van der Waals surface area contributed by atoms with Gasteiger partial charge in [-0.15, -0.1) is 0 Å². The normalized spacial score (nSPS) is 25.5. The van der Waals surface area contributed by atoms with Crippen LogP contribution in [0, 0.1) is 11.8 Å². The first-order chi connectivity index (χ1) is 8.08. The van der Waals surface area contributed by atoms with Crippen molar-refractivity contribution in [2.45, 2.75) is 26.8 Å². The minimum absolute atomic E-state index is 0.0607. The van der Waals surface area contributed by atoms with Gasteiger partial charge in [0.1, 0.15) is 0 Å². The van der Waals surface area contributed by atoms with Gasteiger partial charge < -0.3 is 5.32 Å². The van der Waals surface area contributed by atoms with Gasteiger partial charge in [-0.05, 0) is 41.7 Å². The molecule has 0 aromatic heterocycles. The quantitative estimate of drug-likeness (QED) is 0.788. The Balaban J connectivity index is 1.73. The van der Waals surface area contributed by atoms with Crippen LogP contribution in [0.5, 0.6) is 0 Å². The van der Waals surface area contributed by atoms with E-state index in [0.29, 0.717) is 11.8 Å². The van der Waals surface area contributed by atoms with Crippen LogP contribution in [0.4, 0.5) is 0 Å². The van der Waals surface area contributed by atoms with Crippen LogP contribution in [0.25, 0.3) is 0 Å². The number of hydrogen-bond donors (Lipinski definition) is 1. The molecule has 0 bridgehead atoms. The lowest BCUT2D eigenvalue weighted by atomic mass is 10.0. The molecule has 0 fully saturated rings. The summed E-state index contributed by atoms with van der Waals surface area (Å²) in [6.07, 6.45) is 8.42. The molecule has 1 unspecified atom stereocenters. The second kappa shape index (κ2) is 3.46. The average Bonchev–Trinajstić information content (AvgIpc) is 2.76. The Morgan fingerprint density at radius 3 is 2.76 bits per heavy atom. The molecule has 0 saturated heterocycles. The number of allylic oxidation sites excluding steroid dienone is 6. The van der Waals surface area contributed by atoms with Gasteiger partial charge in [0.15, 0.2) is 0 Å². The van der Waals surface area contributed by atoms with Gasteiger partial charge in [-0.25, -0.2) is 0 Å². The highest BCUT2D eigenvalue weighted by Gasteiger charge is 2.39. The van der Waals surface area contributed by atoms with Gasteiger partial charge >= 0.3 is 0 Å². The monoisotopic (exact) mass is 227 g/mol. The third-order valence-corrected chi connectivity index (χ3v) is 3.89. The molecule has 3 aliphatic carbocycles. The van der Waals surface area contributed by atoms with Crippen LogP contribution < -0.4 is 5.32 Å². The van der Waals surface area contributed by atoms with E-state index in [2.05, 4.69) is 44.3 Å². The Hall–Kier alpha value is -1.57. The van der Waals surface area contributed by atoms with Gasteiger partial charge in [0.25, 0.3) is 5.91 Å². The first kappa shape index (κ1) is 10.6. The van der Waals surface area contributed by atoms with Gasteiger partial charge in [0.2, 0.25) is 0 Å². The second-order valence-electron chi connectivity index (χ2n) is 5.41. The number of amides is 1. The van der Waals surface area contributed by atoms with Crippen molar-refractivity contribution in [3.8, 4) is 0 Å². The van der Waals surface area contributed by atoms with E-state index in [0.717, 1.165) is 11.1 Å². The van der Waals surface area contributed by atoms with Crippen molar-refractivity contribution in [2.24, 2.45) is 11.8 Å². The Labute approximate surface area is 102 Å². The van der Waals surface area contributed by atoms with Gasteiger partial charge in [0, 0.05) is 17.5 Å². The lowest BCUT2D eigenvalue weighted by Gasteiger charge is -2.18. The van der Waals surface area contributed by atoms with Crippen LogP contribution >= 0.6 is 0 Å². The number of rotatable bonds is 3. The molecule has 0 heterocycles. The van der Waals surface area contributed by atoms with Crippen LogP contribution in [0.1, 0.15) is 20.8 Å². The fourth-order valence-electron chi connectivity index (χ4n) is 2.31. The molecular formula is C15H17NO. The maximum absolute atomic E-state index is 12.2. The van der Waals surface area contributed by atoms with Crippen LogP contribution in [-0.4, -0.2) is 11.9 Å². The zero-order valence-electron chi connectivity index (χ0n) is 10.4. The summed E-state index contributed by atoms with van der Waals surface area (Å²) in [7, 11) is 0. The van der Waals surface area contributed by atoms with Gasteiger partial charge in [0.05, 0.1) is 0 Å². The summed E-state index contributed by atoms with van der Waals surface area (Å²) in [5.41, 5.74) is 4.66. The van der Waals surface area contributed by atoms with Crippen molar-refractivity contribution < 1.29 is 4.79 Å². The van der Waals surface area contributed by atoms with E-state index in [-0.39, 0.29) is 11.9 Å². The third-order valence-electron chi connectivity index (χ3n) is 3.89. The standard InChI is InChI=1S/C15H17NO/c1-8(2)9(3)16-15(17)12-5-4-11-13-6-10(13)7-14(11)12/h4-9,13H,1-3H3,(H,16,17)/t9-,13?/m1/s1. The number of fused-ring (bicyclic) bond motifs is 3. The molecule has 3 rings (SSSR count). The molecule has 0 saturated carbocycles. The zero-order valence-corrected chi connectivity index (χ0v) is 10.4. The second-order valence-corrected chi connectivity index (χ2v) is 5.41. The smallest absolute Gasteiger partial charge is 0.252 e. The summed E-state index contributed by atoms with van der Waals surface area (Å²) < 4.78 is 0. The highest BCUT2D eigenvalue weighted by atomic mass is 16.1. The minimum Gasteiger partial charge on any atom is -0.349 e. The zero-order chi connectivity index (χ0) is 12.2. The molecule has 0 aliphatic heterocycles. The predicted octanol–water partition coefficient (Wildman–Crippen LogP) is 2.51. The van der Waals surface area contributed by atoms with E-state index in [4.69, 9.17) is 0 Å². The summed E-state index contributed by atoms with van der Waals surface area (Å²) >= 11 is 0. The molecular weight excluding hydrogens is 210 g/mol. The Morgan fingerprint density at radius 2 is 2.06 bits per heavy atom. The molecule has 17 heavy (non-hydrogen) atoms. The van der Waals surface area contributed by atoms with E-state index in [1.54, 1.807) is 0 Å². The fraction of sp³-hybridized carbons (Fsp3) is 0.400. The van der Waals surface area contributed by atoms with Gasteiger partial charge in [-0.3, -0.25) is 4.79 Å². The summed E-state index contributed by atoms with van der Waals surface area (Å²) in [6.45, 7) is 6.29. The predicted molar refractivity (Wildman–Crippen MR) is 68.3 cm³/mol. The first-order valence-corrected chi connectivity index (χ1v) is 6.25. The summed E-state index contributed by atoms with van der Waals surface area (Å²) in [4.78, 5) is 12.2.